The van der Waals surface area contributed by atoms with E-state index in [-0.39, 0.29) is 12.1 Å². The van der Waals surface area contributed by atoms with Gasteiger partial charge in [-0.05, 0) is 12.8 Å². The Morgan fingerprint density at radius 3 is 3.00 bits per heavy atom. The number of hydrogen-bond donors (Lipinski definition) is 2. The topological polar surface area (TPSA) is 67.6 Å². The number of hydrogen-bond acceptors (Lipinski definition) is 4. The molecule has 0 aliphatic carbocycles. The van der Waals surface area contributed by atoms with E-state index in [1.54, 1.807) is 4.90 Å². The predicted octanol–water partition coefficient (Wildman–Crippen LogP) is 0.461. The summed E-state index contributed by atoms with van der Waals surface area (Å²) in [5, 5.41) is 0. The first-order valence-corrected chi connectivity index (χ1v) is 5.07. The quantitative estimate of drug-likeness (QED) is 0.503. The van der Waals surface area contributed by atoms with Gasteiger partial charge in [0.15, 0.2) is 0 Å². The van der Waals surface area contributed by atoms with Gasteiger partial charge in [0.1, 0.15) is 0 Å². The standard InChI is InChI=1S/C9H19N3O2/c1-14-9(13)12-6-4-2-3-5-8(12)7-11-10/h8,11H,2-7,10H2,1H3. The molecule has 0 saturated carbocycles. The van der Waals surface area contributed by atoms with Crippen LogP contribution in [0.1, 0.15) is 25.7 Å². The van der Waals surface area contributed by atoms with Crippen molar-refractivity contribution in [2.24, 2.45) is 5.84 Å². The number of ether oxygens (including phenoxy) is 1. The van der Waals surface area contributed by atoms with Gasteiger partial charge in [-0.15, -0.1) is 0 Å². The van der Waals surface area contributed by atoms with E-state index in [1.807, 2.05) is 0 Å². The monoisotopic (exact) mass is 201 g/mol. The molecule has 1 atom stereocenters. The van der Waals surface area contributed by atoms with Gasteiger partial charge in [0.05, 0.1) is 7.11 Å². The molecule has 1 aliphatic rings. The molecule has 1 saturated heterocycles. The average Bonchev–Trinajstić information content (AvgIpc) is 2.43. The summed E-state index contributed by atoms with van der Waals surface area (Å²) in [4.78, 5) is 13.2. The molecule has 1 amide bonds. The molecule has 0 spiro atoms. The van der Waals surface area contributed by atoms with Crippen LogP contribution in [-0.4, -0.2) is 37.2 Å². The summed E-state index contributed by atoms with van der Waals surface area (Å²) in [6.07, 6.45) is 4.14. The Morgan fingerprint density at radius 2 is 2.36 bits per heavy atom. The van der Waals surface area contributed by atoms with E-state index in [0.29, 0.717) is 6.54 Å². The highest BCUT2D eigenvalue weighted by molar-refractivity contribution is 5.67. The van der Waals surface area contributed by atoms with Crippen LogP contribution in [0, 0.1) is 0 Å². The molecule has 82 valence electrons. The lowest BCUT2D eigenvalue weighted by molar-refractivity contribution is 0.105. The van der Waals surface area contributed by atoms with Crippen LogP contribution in [0.2, 0.25) is 0 Å². The Morgan fingerprint density at radius 1 is 1.57 bits per heavy atom. The molecule has 1 fully saturated rings. The minimum atomic E-state index is -0.243. The number of likely N-dealkylation sites (tertiary alicyclic amines) is 1. The Kier molecular flexibility index (Phi) is 4.69. The molecule has 0 aromatic rings. The minimum absolute atomic E-state index is 0.176. The summed E-state index contributed by atoms with van der Waals surface area (Å²) in [6.45, 7) is 1.41. The van der Waals surface area contributed by atoms with Gasteiger partial charge in [-0.2, -0.15) is 0 Å². The van der Waals surface area contributed by atoms with Crippen LogP contribution in [0.4, 0.5) is 4.79 Å². The highest BCUT2D eigenvalue weighted by atomic mass is 16.5. The summed E-state index contributed by atoms with van der Waals surface area (Å²) < 4.78 is 4.74. The summed E-state index contributed by atoms with van der Waals surface area (Å²) in [6, 6.07) is 0.176. The van der Waals surface area contributed by atoms with Crippen LogP contribution in [0.5, 0.6) is 0 Å². The maximum Gasteiger partial charge on any atom is 0.409 e. The van der Waals surface area contributed by atoms with Crippen LogP contribution < -0.4 is 11.3 Å². The van der Waals surface area contributed by atoms with Gasteiger partial charge < -0.3 is 9.64 Å². The van der Waals surface area contributed by atoms with Crippen LogP contribution in [-0.2, 0) is 4.74 Å². The lowest BCUT2D eigenvalue weighted by Crippen LogP contribution is -2.46. The summed E-state index contributed by atoms with van der Waals surface area (Å²) >= 11 is 0. The molecule has 5 nitrogen and oxygen atoms in total. The fraction of sp³-hybridized carbons (Fsp3) is 0.889. The lowest BCUT2D eigenvalue weighted by atomic mass is 10.1. The minimum Gasteiger partial charge on any atom is -0.453 e. The number of nitrogens with two attached hydrogens (primary N) is 1. The first kappa shape index (κ1) is 11.3. The van der Waals surface area contributed by atoms with Crippen molar-refractivity contribution in [2.75, 3.05) is 20.2 Å². The van der Waals surface area contributed by atoms with Gasteiger partial charge in [-0.25, -0.2) is 4.79 Å². The summed E-state index contributed by atoms with van der Waals surface area (Å²) in [5.74, 6) is 5.29. The van der Waals surface area contributed by atoms with Gasteiger partial charge in [0.2, 0.25) is 0 Å². The fourth-order valence-corrected chi connectivity index (χ4v) is 1.88. The lowest BCUT2D eigenvalue weighted by Gasteiger charge is -2.28. The van der Waals surface area contributed by atoms with Crippen molar-refractivity contribution >= 4 is 6.09 Å². The second-order valence-corrected chi connectivity index (χ2v) is 3.57. The number of carbonyl (C=O) groups is 1. The third-order valence-corrected chi connectivity index (χ3v) is 2.64. The first-order chi connectivity index (χ1) is 6.79. The Hall–Kier alpha value is -0.810. The summed E-state index contributed by atoms with van der Waals surface area (Å²) in [7, 11) is 1.42. The van der Waals surface area contributed by atoms with Gasteiger partial charge in [-0.1, -0.05) is 12.8 Å². The molecular weight excluding hydrogens is 182 g/mol. The molecule has 1 rings (SSSR count). The van der Waals surface area contributed by atoms with Gasteiger partial charge >= 0.3 is 6.09 Å². The van der Waals surface area contributed by atoms with Crippen molar-refractivity contribution in [1.82, 2.24) is 10.3 Å². The second kappa shape index (κ2) is 5.82. The van der Waals surface area contributed by atoms with Crippen molar-refractivity contribution in [1.29, 1.82) is 0 Å². The highest BCUT2D eigenvalue weighted by Gasteiger charge is 2.25. The molecule has 5 heteroatoms. The fourth-order valence-electron chi connectivity index (χ4n) is 1.88. The van der Waals surface area contributed by atoms with E-state index in [9.17, 15) is 4.79 Å². The van der Waals surface area contributed by atoms with Crippen molar-refractivity contribution in [3.63, 3.8) is 0 Å². The van der Waals surface area contributed by atoms with E-state index in [4.69, 9.17) is 10.6 Å². The van der Waals surface area contributed by atoms with Crippen LogP contribution in [0.3, 0.4) is 0 Å². The second-order valence-electron chi connectivity index (χ2n) is 3.57. The largest absolute Gasteiger partial charge is 0.453 e. The van der Waals surface area contributed by atoms with E-state index in [0.717, 1.165) is 25.8 Å². The Bertz CT molecular complexity index is 187. The molecule has 0 aromatic carbocycles. The third kappa shape index (κ3) is 2.85. The van der Waals surface area contributed by atoms with E-state index < -0.39 is 0 Å². The zero-order chi connectivity index (χ0) is 10.4. The highest BCUT2D eigenvalue weighted by Crippen LogP contribution is 2.16. The maximum atomic E-state index is 11.4. The zero-order valence-electron chi connectivity index (χ0n) is 8.66. The van der Waals surface area contributed by atoms with Crippen LogP contribution in [0.15, 0.2) is 0 Å². The number of carbonyl (C=O) groups excluding carboxylic acids is 1. The Balaban J connectivity index is 2.58. The molecule has 1 unspecified atom stereocenters. The van der Waals surface area contributed by atoms with Crippen LogP contribution in [0.25, 0.3) is 0 Å². The molecule has 1 heterocycles. The number of amides is 1. The van der Waals surface area contributed by atoms with Gasteiger partial charge in [0.25, 0.3) is 0 Å². The molecule has 0 bridgehead atoms. The molecule has 1 aliphatic heterocycles. The maximum absolute atomic E-state index is 11.4. The third-order valence-electron chi connectivity index (χ3n) is 2.64. The van der Waals surface area contributed by atoms with Crippen molar-refractivity contribution < 1.29 is 9.53 Å². The number of nitrogens with one attached hydrogen (secondary N) is 1. The smallest absolute Gasteiger partial charge is 0.409 e. The molecule has 0 radical (unpaired) electrons. The number of hydrazine groups is 1. The van der Waals surface area contributed by atoms with E-state index in [2.05, 4.69) is 5.43 Å². The molecule has 14 heavy (non-hydrogen) atoms. The average molecular weight is 201 g/mol. The van der Waals surface area contributed by atoms with Crippen molar-refractivity contribution in [3.8, 4) is 0 Å². The van der Waals surface area contributed by atoms with E-state index in [1.165, 1.54) is 13.5 Å². The van der Waals surface area contributed by atoms with E-state index >= 15 is 0 Å². The summed E-state index contributed by atoms with van der Waals surface area (Å²) in [5.41, 5.74) is 2.62. The molecule has 3 N–H and O–H groups in total. The molecule has 0 aromatic heterocycles. The number of methoxy groups -OCH3 is 1. The number of nitrogens with zero attached hydrogens (tertiary/aromatic N) is 1. The van der Waals surface area contributed by atoms with Gasteiger partial charge in [-0.3, -0.25) is 11.3 Å². The van der Waals surface area contributed by atoms with Crippen molar-refractivity contribution in [3.05, 3.63) is 0 Å². The molecular formula is C9H19N3O2. The first-order valence-electron chi connectivity index (χ1n) is 5.07. The van der Waals surface area contributed by atoms with Gasteiger partial charge in [0, 0.05) is 19.1 Å². The Labute approximate surface area is 84.5 Å². The normalized spacial score (nSPS) is 23.0. The SMILES string of the molecule is COC(=O)N1CCCCCC1CNN. The van der Waals surface area contributed by atoms with Crippen LogP contribution >= 0.6 is 0 Å². The number of rotatable bonds is 2. The van der Waals surface area contributed by atoms with Crippen molar-refractivity contribution in [2.45, 2.75) is 31.7 Å². The zero-order valence-corrected chi connectivity index (χ0v) is 8.66. The predicted molar refractivity (Wildman–Crippen MR) is 53.6 cm³/mol.